The van der Waals surface area contributed by atoms with Crippen LogP contribution in [0.2, 0.25) is 0 Å². The van der Waals surface area contributed by atoms with Gasteiger partial charge in [0.2, 0.25) is 0 Å². The summed E-state index contributed by atoms with van der Waals surface area (Å²) < 4.78 is 90.3. The Bertz CT molecular complexity index is 1590. The van der Waals surface area contributed by atoms with Gasteiger partial charge in [-0.3, -0.25) is 4.55 Å². The summed E-state index contributed by atoms with van der Waals surface area (Å²) in [6.07, 6.45) is 0. The number of nitrogens with zero attached hydrogens (tertiary/aromatic N) is 2. The molecule has 0 aliphatic heterocycles. The van der Waals surface area contributed by atoms with Crippen molar-refractivity contribution in [1.82, 2.24) is 0 Å². The molecule has 0 unspecified atom stereocenters. The second-order valence-electron chi connectivity index (χ2n) is 6.60. The van der Waals surface area contributed by atoms with E-state index in [-0.39, 0.29) is 80.5 Å². The summed E-state index contributed by atoms with van der Waals surface area (Å²) in [6.45, 7) is -0.567. The molecule has 0 saturated carbocycles. The number of hydrogen-bond donors (Lipinski definition) is 2. The Hall–Kier alpha value is -0.950. The molecular weight excluding hydrogens is 546 g/mol. The Kier molecular flexibility index (Phi) is 11.1. The van der Waals surface area contributed by atoms with Gasteiger partial charge in [0.05, 0.1) is 38.4 Å². The van der Waals surface area contributed by atoms with Crippen molar-refractivity contribution in [3.05, 3.63) is 48.5 Å². The van der Waals surface area contributed by atoms with E-state index in [0.717, 1.165) is 18.2 Å². The van der Waals surface area contributed by atoms with Gasteiger partial charge in [-0.1, -0.05) is 11.8 Å². The molecule has 3 aromatic carbocycles. The fourth-order valence-electron chi connectivity index (χ4n) is 2.83. The second kappa shape index (κ2) is 12.1. The van der Waals surface area contributed by atoms with Crippen LogP contribution in [0.5, 0.6) is 5.75 Å². The molecule has 0 aliphatic carbocycles. The van der Waals surface area contributed by atoms with Crippen LogP contribution in [0.4, 0.5) is 11.4 Å². The van der Waals surface area contributed by atoms with E-state index < -0.39 is 63.7 Å². The fraction of sp³-hybridized carbons (Fsp3) is 0.111. The molecule has 0 saturated heterocycles. The second-order valence-corrected chi connectivity index (χ2v) is 11.5. The number of aliphatic hydroxyl groups excluding tert-OH is 1. The average Bonchev–Trinajstić information content (AvgIpc) is 2.71. The molecule has 0 aromatic heterocycles. The minimum absolute atomic E-state index is 0. The van der Waals surface area contributed by atoms with Gasteiger partial charge in [0, 0.05) is 5.39 Å². The number of aliphatic hydroxyl groups is 1. The molecule has 0 amide bonds. The van der Waals surface area contributed by atoms with Gasteiger partial charge in [0.1, 0.15) is 10.1 Å². The molecule has 0 fully saturated rings. The Balaban J connectivity index is 0.00000306. The molecule has 0 atom stereocenters. The van der Waals surface area contributed by atoms with E-state index in [2.05, 4.69) is 10.2 Å². The van der Waals surface area contributed by atoms with Crippen molar-refractivity contribution in [3.8, 4) is 5.75 Å². The minimum Gasteiger partial charge on any atom is -0.870 e. The predicted molar refractivity (Wildman–Crippen MR) is 111 cm³/mol. The van der Waals surface area contributed by atoms with Crippen LogP contribution in [0.3, 0.4) is 0 Å². The first-order valence-electron chi connectivity index (χ1n) is 8.80. The van der Waals surface area contributed by atoms with E-state index in [9.17, 15) is 39.5 Å². The average molecular weight is 560 g/mol. The van der Waals surface area contributed by atoms with Gasteiger partial charge in [-0.2, -0.15) is 18.6 Å². The zero-order valence-electron chi connectivity index (χ0n) is 18.3. The largest absolute Gasteiger partial charge is 1.00 e. The molecule has 12 nitrogen and oxygen atoms in total. The van der Waals surface area contributed by atoms with Gasteiger partial charge in [-0.25, -0.2) is 16.8 Å². The van der Waals surface area contributed by atoms with Crippen molar-refractivity contribution in [2.24, 2.45) is 10.2 Å². The maximum atomic E-state index is 12.6. The van der Waals surface area contributed by atoms with Crippen molar-refractivity contribution in [3.63, 3.8) is 0 Å². The fourth-order valence-corrected chi connectivity index (χ4v) is 4.97. The number of azo groups is 1. The number of sulfone groups is 1. The minimum atomic E-state index is -5.04. The van der Waals surface area contributed by atoms with Crippen LogP contribution in [-0.4, -0.2) is 51.8 Å². The molecule has 3 rings (SSSR count). The topological polar surface area (TPSA) is 214 Å². The summed E-state index contributed by atoms with van der Waals surface area (Å²) in [7, 11) is -13.6. The van der Waals surface area contributed by atoms with Crippen molar-refractivity contribution in [2.75, 3.05) is 12.4 Å². The number of benzene rings is 3. The standard InChI is InChI=1S/C18H16N2O10S3.2Na/c21-7-8-31(23,24)13-3-1-12(2-4-13)19-20-17-15-6-5-14(32(25,26)27)9-11(15)10-16(18(17)22)33(28,29)30;;/h1-6,9-10,21-22H,7-8H2,(H,25,26,27)(H,28,29,30);;/q;2*+1/p-2. The zero-order valence-corrected chi connectivity index (χ0v) is 24.8. The van der Waals surface area contributed by atoms with Crippen molar-refractivity contribution >= 4 is 52.2 Å². The van der Waals surface area contributed by atoms with E-state index in [0.29, 0.717) is 6.07 Å². The van der Waals surface area contributed by atoms with E-state index in [4.69, 9.17) is 5.11 Å². The van der Waals surface area contributed by atoms with Gasteiger partial charge in [-0.15, -0.1) is 0 Å². The summed E-state index contributed by atoms with van der Waals surface area (Å²) in [6, 6.07) is 8.37. The van der Waals surface area contributed by atoms with Crippen molar-refractivity contribution in [2.45, 2.75) is 14.7 Å². The summed E-state index contributed by atoms with van der Waals surface area (Å²) in [4.78, 5) is -1.89. The number of rotatable bonds is 7. The molecule has 35 heavy (non-hydrogen) atoms. The molecule has 0 spiro atoms. The molecule has 17 heteroatoms. The molecule has 2 N–H and O–H groups in total. The van der Waals surface area contributed by atoms with Gasteiger partial charge >= 0.3 is 59.1 Å². The van der Waals surface area contributed by atoms with Crippen LogP contribution in [-0.2, 0) is 30.1 Å². The molecule has 176 valence electrons. The smallest absolute Gasteiger partial charge is 0.870 e. The van der Waals surface area contributed by atoms with Gasteiger partial charge in [0.25, 0.3) is 10.1 Å². The van der Waals surface area contributed by atoms with Gasteiger partial charge in [0.15, 0.2) is 9.84 Å². The van der Waals surface area contributed by atoms with Crippen LogP contribution in [0.1, 0.15) is 0 Å². The quantitative estimate of drug-likeness (QED) is 0.160. The van der Waals surface area contributed by atoms with E-state index in [1.54, 1.807) is 0 Å². The first-order chi connectivity index (χ1) is 15.2. The van der Waals surface area contributed by atoms with Crippen LogP contribution in [0.15, 0.2) is 73.4 Å². The third-order valence-corrected chi connectivity index (χ3v) is 7.79. The Morgan fingerprint density at radius 2 is 1.40 bits per heavy atom. The number of fused-ring (bicyclic) bond motifs is 1. The molecular formula is C18H14N2Na2O10S3. The van der Waals surface area contributed by atoms with Crippen LogP contribution in [0.25, 0.3) is 10.8 Å². The third kappa shape index (κ3) is 7.53. The predicted octanol–water partition coefficient (Wildman–Crippen LogP) is -4.75. The maximum absolute atomic E-state index is 12.6. The summed E-state index contributed by atoms with van der Waals surface area (Å²) in [5, 5.41) is 28.7. The van der Waals surface area contributed by atoms with E-state index in [1.807, 2.05) is 0 Å². The maximum Gasteiger partial charge on any atom is 1.00 e. The summed E-state index contributed by atoms with van der Waals surface area (Å²) >= 11 is 0. The van der Waals surface area contributed by atoms with Gasteiger partial charge in [-0.05, 0) is 47.9 Å². The monoisotopic (exact) mass is 560 g/mol. The normalized spacial score (nSPS) is 12.3. The van der Waals surface area contributed by atoms with Gasteiger partial charge < -0.3 is 14.8 Å². The third-order valence-electron chi connectivity index (χ3n) is 4.39. The SMILES string of the molecule is O=S(=O)([O-])c1ccc2c(N=Nc3ccc(S(=O)(=O)CCO)cc3)c([O-])c(S(=O)(=O)O)cc2c1.[Na+].[Na+]. The van der Waals surface area contributed by atoms with E-state index >= 15 is 0 Å². The van der Waals surface area contributed by atoms with Crippen molar-refractivity contribution < 1.29 is 104 Å². The Morgan fingerprint density at radius 3 is 1.91 bits per heavy atom. The summed E-state index contributed by atoms with van der Waals surface area (Å²) in [5.41, 5.74) is -0.492. The first-order valence-corrected chi connectivity index (χ1v) is 13.3. The van der Waals surface area contributed by atoms with Crippen molar-refractivity contribution in [1.29, 1.82) is 0 Å². The van der Waals surface area contributed by atoms with Crippen LogP contribution >= 0.6 is 0 Å². The molecule has 0 aliphatic rings. The first kappa shape index (κ1) is 32.1. The number of hydrogen-bond acceptors (Lipinski definition) is 11. The summed E-state index contributed by atoms with van der Waals surface area (Å²) in [5.74, 6) is -1.71. The zero-order chi connectivity index (χ0) is 24.6. The van der Waals surface area contributed by atoms with Crippen LogP contribution < -0.4 is 64.2 Å². The Morgan fingerprint density at radius 1 is 0.829 bits per heavy atom. The molecule has 0 bridgehead atoms. The van der Waals surface area contributed by atoms with Crippen LogP contribution in [0, 0.1) is 0 Å². The Labute approximate surface area is 245 Å². The molecule has 3 aromatic rings. The van der Waals surface area contributed by atoms with E-state index in [1.165, 1.54) is 24.3 Å². The molecule has 0 radical (unpaired) electrons. The molecule has 0 heterocycles.